The fourth-order valence-corrected chi connectivity index (χ4v) is 15.7. The van der Waals surface area contributed by atoms with Crippen LogP contribution in [0.5, 0.6) is 0 Å². The summed E-state index contributed by atoms with van der Waals surface area (Å²) in [5.41, 5.74) is 5.44. The highest BCUT2D eigenvalue weighted by molar-refractivity contribution is 7.97. The molecule has 0 aliphatic carbocycles. The second-order valence-corrected chi connectivity index (χ2v) is 45.9. The maximum atomic E-state index is 5.36. The Balaban J connectivity index is 0.000000699. The number of hydrogen-bond donors (Lipinski definition) is 2. The first kappa shape index (κ1) is 125. The van der Waals surface area contributed by atoms with Gasteiger partial charge in [0.2, 0.25) is 7.41 Å². The third-order valence-electron chi connectivity index (χ3n) is 32.6. The fourth-order valence-electron chi connectivity index (χ4n) is 13.5. The summed E-state index contributed by atoms with van der Waals surface area (Å²) in [4.78, 5) is 54.6. The second-order valence-electron chi connectivity index (χ2n) is 43.7. The Hall–Kier alpha value is -2.42. The smallest absolute Gasteiger partial charge is 0.225 e. The van der Waals surface area contributed by atoms with Gasteiger partial charge >= 0.3 is 0 Å². The molecule has 13 heterocycles. The predicted octanol–water partition coefficient (Wildman–Crippen LogP) is 11.2. The van der Waals surface area contributed by atoms with E-state index in [2.05, 4.69) is 488 Å². The molecule has 0 saturated carbocycles. The van der Waals surface area contributed by atoms with Gasteiger partial charge in [-0.2, -0.15) is 10.1 Å². The van der Waals surface area contributed by atoms with E-state index in [4.69, 9.17) is 9.68 Å². The largest absolute Gasteiger partial charge is 0.363 e. The van der Waals surface area contributed by atoms with Gasteiger partial charge in [0.15, 0.2) is 0 Å². The minimum atomic E-state index is -0.0556. The van der Waals surface area contributed by atoms with Gasteiger partial charge in [-0.3, -0.25) is 104 Å². The monoisotopic (exact) mass is 1870 g/mol. The van der Waals surface area contributed by atoms with Crippen LogP contribution in [0, 0.1) is 0 Å². The number of rotatable bonds is 0. The molecule has 10 saturated heterocycles. The van der Waals surface area contributed by atoms with E-state index >= 15 is 0 Å². The van der Waals surface area contributed by atoms with Crippen molar-refractivity contribution in [2.45, 2.75) is 286 Å². The molecular weight excluding hydrogens is 1660 g/mol. The van der Waals surface area contributed by atoms with Crippen molar-refractivity contribution < 1.29 is 9.68 Å². The Morgan fingerprint density at radius 1 is 0.302 bits per heavy atom. The number of hydrogen-bond acceptors (Lipinski definition) is 34. The molecule has 0 unspecified atom stereocenters. The molecule has 13 aliphatic rings. The van der Waals surface area contributed by atoms with Gasteiger partial charge in [0.1, 0.15) is 18.1 Å². The number of allylic oxidation sites excluding steroid dienone is 2. The van der Waals surface area contributed by atoms with E-state index < -0.39 is 0 Å². The Morgan fingerprint density at radius 3 is 0.977 bits per heavy atom. The first-order valence-corrected chi connectivity index (χ1v) is 49.5. The van der Waals surface area contributed by atoms with Crippen LogP contribution in [0.15, 0.2) is 47.3 Å². The maximum absolute atomic E-state index is 5.36. The molecular formula is C94H210BN30O2S2. The minimum Gasteiger partial charge on any atom is -0.363 e. The highest BCUT2D eigenvalue weighted by Gasteiger charge is 2.41. The molecule has 0 bridgehead atoms. The Bertz CT molecular complexity index is 2810. The van der Waals surface area contributed by atoms with E-state index in [1.807, 2.05) is 91.4 Å². The molecule has 35 heteroatoms. The van der Waals surface area contributed by atoms with Crippen molar-refractivity contribution in [1.29, 1.82) is 0 Å². The van der Waals surface area contributed by atoms with E-state index in [0.717, 1.165) is 51.9 Å². The lowest BCUT2D eigenvalue weighted by Gasteiger charge is -2.47. The van der Waals surface area contributed by atoms with Crippen LogP contribution in [-0.2, 0) is 9.68 Å². The van der Waals surface area contributed by atoms with Gasteiger partial charge < -0.3 is 19.5 Å². The van der Waals surface area contributed by atoms with E-state index in [0.29, 0.717) is 6.73 Å². The zero-order chi connectivity index (χ0) is 100. The minimum absolute atomic E-state index is 0.0399. The summed E-state index contributed by atoms with van der Waals surface area (Å²) >= 11 is 3.81. The Labute approximate surface area is 806 Å². The molecule has 0 aromatic heterocycles. The highest BCUT2D eigenvalue weighted by Crippen LogP contribution is 2.34. The van der Waals surface area contributed by atoms with Gasteiger partial charge in [-0.25, -0.2) is 13.6 Å². The molecule has 0 amide bonds. The van der Waals surface area contributed by atoms with Crippen molar-refractivity contribution in [2.75, 3.05) is 300 Å². The van der Waals surface area contributed by atoms with Crippen molar-refractivity contribution in [1.82, 2.24) is 138 Å². The number of hydrazine groups is 1. The van der Waals surface area contributed by atoms with E-state index in [-0.39, 0.29) is 73.6 Å². The van der Waals surface area contributed by atoms with Gasteiger partial charge in [0.05, 0.1) is 88.1 Å². The maximum Gasteiger partial charge on any atom is 0.225 e. The molecule has 13 rings (SSSR count). The number of likely N-dealkylation sites (N-methyl/N-ethyl adjacent to an activating group) is 4. The molecule has 10 fully saturated rings. The molecule has 32 nitrogen and oxygen atoms in total. The van der Waals surface area contributed by atoms with Crippen LogP contribution < -0.4 is 10.7 Å². The molecule has 129 heavy (non-hydrogen) atoms. The Morgan fingerprint density at radius 2 is 0.667 bits per heavy atom. The SMILES string of the molecule is CN1C=CC=CN(C)C1(C)C.CN1C=CCN(C)C1(C)C.CN1CCCCN(C)C1(C)C.CN1CCCN(C)C1(C)C.CN1CCCNN(C)C1(C)C.CN1CCCSN(C)C1(C)C.CN1CCN(C)C1(C)C.CN1CCON(C)C1(C)C.CN1CNCN(C)C1(C)C.CN1CON(C)C1(C)C.CN1CSN(C)C1(C)C.CN1N=NN(C)C1(C)C.CN1[B]CN(C)C1(C)C. The Kier molecular flexibility index (Phi) is 51.3. The predicted molar refractivity (Wildman–Crippen MR) is 557 cm³/mol. The van der Waals surface area contributed by atoms with E-state index in [1.54, 1.807) is 0 Å². The van der Waals surface area contributed by atoms with Crippen LogP contribution in [0.2, 0.25) is 0 Å². The van der Waals surface area contributed by atoms with Crippen molar-refractivity contribution in [2.24, 2.45) is 10.4 Å². The summed E-state index contributed by atoms with van der Waals surface area (Å²) in [6.45, 7) is 73.8. The third kappa shape index (κ3) is 36.1. The molecule has 0 aromatic carbocycles. The number of hydroxylamine groups is 4. The van der Waals surface area contributed by atoms with Crippen LogP contribution >= 0.6 is 23.9 Å². The van der Waals surface area contributed by atoms with Crippen molar-refractivity contribution in [3.05, 3.63) is 36.8 Å². The van der Waals surface area contributed by atoms with E-state index in [1.165, 1.54) is 90.2 Å². The van der Waals surface area contributed by atoms with Gasteiger partial charge in [0, 0.05) is 133 Å². The zero-order valence-electron chi connectivity index (χ0n) is 94.0. The fraction of sp³-hybridized carbons (Fsp3) is 0.936. The molecule has 13 aliphatic heterocycles. The van der Waals surface area contributed by atoms with Gasteiger partial charge in [-0.1, -0.05) is 40.4 Å². The van der Waals surface area contributed by atoms with Gasteiger partial charge in [0.25, 0.3) is 0 Å². The molecule has 1 radical (unpaired) electrons. The van der Waals surface area contributed by atoms with E-state index in [9.17, 15) is 0 Å². The van der Waals surface area contributed by atoms with Crippen LogP contribution in [0.3, 0.4) is 0 Å². The normalized spacial score (nSPS) is 27.6. The number of nitrogens with zero attached hydrogens (tertiary/aromatic N) is 28. The average Bonchev–Trinajstić information content (AvgIpc) is 1.14. The highest BCUT2D eigenvalue weighted by atomic mass is 32.2. The molecule has 0 spiro atoms. The standard InChI is InChI=1S/C9H20N2.C9H16N2.C8H19N3.C8H18N2S.C8H18N2.C8H16N2.C7H17N3.C7H16N2O.C7H16N2.C6H14BN2.C6H14N2O.C6H14N2S.C5H12N4/c2*1-9(2)10(3)7-5-6-8-11(9)4;1-8(2)10(3)7-5-6-9-11(8)4;1-8(2)9(3)6-5-7-11-10(8)4;2*1-8(2)9(3)6-5-7-10(8)4;1-7(2)9(3)5-8-6-10(7)4;1-7(2)8(3)5-6-10-9(7)4;1-7(2)8(3)5-6-9(7)4;1-6(2)8(3)5-7-9(6)4;2*1-6(2)7(3)5-9-8(6)4;1-5(2)8(3)6-7-9(5)4/h5-8H2,1-4H3;5-8H,1-4H3;9H,5-7H2,1-4H3;5-7H2,1-4H3;5-7H2,1-4H3;5-6H,7H2,1-4H3;8H,5-6H2,1-4H3;5-6H2,1-4H3;5-6H2,1-4H3;3*5H2,1-4H3;1-4H3. The molecule has 0 aromatic rings. The second kappa shape index (κ2) is 53.1. The van der Waals surface area contributed by atoms with Crippen molar-refractivity contribution >= 4 is 31.3 Å². The lowest BCUT2D eigenvalue weighted by atomic mass is 9.94. The summed E-state index contributed by atoms with van der Waals surface area (Å²) in [6.07, 6.45) is 20.1. The van der Waals surface area contributed by atoms with Gasteiger partial charge in [-0.05, 0) is 377 Å². The van der Waals surface area contributed by atoms with Crippen LogP contribution in [-0.4, -0.2) is 508 Å². The quantitative estimate of drug-likeness (QED) is 0.175. The van der Waals surface area contributed by atoms with Gasteiger partial charge in [-0.15, -0.1) is 0 Å². The lowest BCUT2D eigenvalue weighted by Crippen LogP contribution is -2.63. The van der Waals surface area contributed by atoms with Crippen molar-refractivity contribution in [3.8, 4) is 0 Å². The van der Waals surface area contributed by atoms with Crippen LogP contribution in [0.25, 0.3) is 0 Å². The van der Waals surface area contributed by atoms with Crippen LogP contribution in [0.1, 0.15) is 212 Å². The topological polar surface area (TPSA) is 151 Å². The number of nitrogens with one attached hydrogen (secondary N) is 2. The average molecular weight is 1870 g/mol. The summed E-state index contributed by atoms with van der Waals surface area (Å²) in [5.74, 6) is 2.37. The van der Waals surface area contributed by atoms with Crippen LogP contribution in [0.4, 0.5) is 0 Å². The lowest BCUT2D eigenvalue weighted by molar-refractivity contribution is -0.272. The molecule has 2 N–H and O–H groups in total. The summed E-state index contributed by atoms with van der Waals surface area (Å²) < 4.78 is 4.63. The molecule has 763 valence electrons. The zero-order valence-corrected chi connectivity index (χ0v) is 95.6. The first-order chi connectivity index (χ1) is 58.6. The summed E-state index contributed by atoms with van der Waals surface area (Å²) in [7, 11) is 57.1. The first-order valence-electron chi connectivity index (χ1n) is 47.6. The summed E-state index contributed by atoms with van der Waals surface area (Å²) in [5, 5.41) is 20.6. The van der Waals surface area contributed by atoms with Crippen molar-refractivity contribution in [3.63, 3.8) is 0 Å². The third-order valence-corrected chi connectivity index (χ3v) is 35.2. The molecule has 0 atom stereocenters. The summed E-state index contributed by atoms with van der Waals surface area (Å²) in [6, 6.07) is 0.